The van der Waals surface area contributed by atoms with Gasteiger partial charge in [0.15, 0.2) is 11.5 Å². The van der Waals surface area contributed by atoms with E-state index in [2.05, 4.69) is 5.32 Å². The molecule has 1 saturated heterocycles. The molecule has 0 aliphatic carbocycles. The SMILES string of the molecule is CC(Cc1ccc(O)c(O)c1)C(=O)NCC1CCCO1. The summed E-state index contributed by atoms with van der Waals surface area (Å²) in [7, 11) is 0. The number of carbonyl (C=O) groups is 1. The van der Waals surface area contributed by atoms with Crippen LogP contribution in [0.1, 0.15) is 25.3 Å². The third-order valence-corrected chi connectivity index (χ3v) is 3.56. The number of hydrogen-bond acceptors (Lipinski definition) is 4. The maximum Gasteiger partial charge on any atom is 0.223 e. The minimum Gasteiger partial charge on any atom is -0.504 e. The predicted octanol–water partition coefficient (Wildman–Crippen LogP) is 1.57. The van der Waals surface area contributed by atoms with Crippen molar-refractivity contribution >= 4 is 5.91 Å². The number of ether oxygens (including phenoxy) is 1. The molecule has 2 unspecified atom stereocenters. The predicted molar refractivity (Wildman–Crippen MR) is 74.6 cm³/mol. The molecule has 1 aliphatic heterocycles. The summed E-state index contributed by atoms with van der Waals surface area (Å²) in [6.07, 6.45) is 2.72. The van der Waals surface area contributed by atoms with Crippen LogP contribution >= 0.6 is 0 Å². The highest BCUT2D eigenvalue weighted by Crippen LogP contribution is 2.26. The van der Waals surface area contributed by atoms with Crippen LogP contribution in [0.3, 0.4) is 0 Å². The van der Waals surface area contributed by atoms with Gasteiger partial charge in [-0.1, -0.05) is 13.0 Å². The summed E-state index contributed by atoms with van der Waals surface area (Å²) < 4.78 is 5.45. The van der Waals surface area contributed by atoms with Gasteiger partial charge >= 0.3 is 0 Å². The fourth-order valence-electron chi connectivity index (χ4n) is 2.34. The molecule has 1 aromatic carbocycles. The van der Waals surface area contributed by atoms with Crippen LogP contribution in [0, 0.1) is 5.92 Å². The first-order valence-corrected chi connectivity index (χ1v) is 6.96. The number of hydrogen-bond donors (Lipinski definition) is 3. The van der Waals surface area contributed by atoms with E-state index in [1.54, 1.807) is 6.07 Å². The third-order valence-electron chi connectivity index (χ3n) is 3.56. The van der Waals surface area contributed by atoms with Crippen LogP contribution in [-0.2, 0) is 16.0 Å². The zero-order chi connectivity index (χ0) is 14.5. The molecule has 0 radical (unpaired) electrons. The van der Waals surface area contributed by atoms with Crippen molar-refractivity contribution in [3.05, 3.63) is 23.8 Å². The summed E-state index contributed by atoms with van der Waals surface area (Å²) >= 11 is 0. The number of aromatic hydroxyl groups is 2. The zero-order valence-electron chi connectivity index (χ0n) is 11.6. The number of nitrogens with one attached hydrogen (secondary N) is 1. The van der Waals surface area contributed by atoms with Crippen LogP contribution in [0.25, 0.3) is 0 Å². The quantitative estimate of drug-likeness (QED) is 0.715. The fraction of sp³-hybridized carbons (Fsp3) is 0.533. The Hall–Kier alpha value is -1.75. The van der Waals surface area contributed by atoms with Crippen LogP contribution in [0.4, 0.5) is 0 Å². The molecule has 20 heavy (non-hydrogen) atoms. The lowest BCUT2D eigenvalue weighted by atomic mass is 10.00. The van der Waals surface area contributed by atoms with Crippen molar-refractivity contribution in [3.63, 3.8) is 0 Å². The normalized spacial score (nSPS) is 19.8. The van der Waals surface area contributed by atoms with Gasteiger partial charge in [-0.2, -0.15) is 0 Å². The van der Waals surface area contributed by atoms with Gasteiger partial charge in [-0.15, -0.1) is 0 Å². The first-order valence-electron chi connectivity index (χ1n) is 6.96. The van der Waals surface area contributed by atoms with Gasteiger partial charge in [0.1, 0.15) is 0 Å². The summed E-state index contributed by atoms with van der Waals surface area (Å²) in [6, 6.07) is 4.62. The molecule has 110 valence electrons. The molecular weight excluding hydrogens is 258 g/mol. The maximum atomic E-state index is 12.0. The van der Waals surface area contributed by atoms with E-state index in [1.165, 1.54) is 12.1 Å². The van der Waals surface area contributed by atoms with Crippen molar-refractivity contribution in [2.75, 3.05) is 13.2 Å². The van der Waals surface area contributed by atoms with Gasteiger partial charge in [-0.25, -0.2) is 0 Å². The minimum atomic E-state index is -0.194. The Kier molecular flexibility index (Phi) is 4.84. The van der Waals surface area contributed by atoms with E-state index >= 15 is 0 Å². The molecule has 1 fully saturated rings. The average Bonchev–Trinajstić information content (AvgIpc) is 2.93. The van der Waals surface area contributed by atoms with E-state index in [1.807, 2.05) is 6.92 Å². The Morgan fingerprint density at radius 1 is 1.45 bits per heavy atom. The summed E-state index contributed by atoms with van der Waals surface area (Å²) in [5.41, 5.74) is 0.820. The first kappa shape index (κ1) is 14.7. The highest BCUT2D eigenvalue weighted by Gasteiger charge is 2.19. The van der Waals surface area contributed by atoms with Crippen molar-refractivity contribution in [1.82, 2.24) is 5.32 Å². The number of carbonyl (C=O) groups excluding carboxylic acids is 1. The monoisotopic (exact) mass is 279 g/mol. The van der Waals surface area contributed by atoms with Gasteiger partial charge in [0.2, 0.25) is 5.91 Å². The zero-order valence-corrected chi connectivity index (χ0v) is 11.6. The van der Waals surface area contributed by atoms with Crippen LogP contribution in [-0.4, -0.2) is 35.4 Å². The van der Waals surface area contributed by atoms with E-state index in [4.69, 9.17) is 4.74 Å². The lowest BCUT2D eigenvalue weighted by molar-refractivity contribution is -0.125. The molecule has 0 spiro atoms. The molecule has 0 aromatic heterocycles. The maximum absolute atomic E-state index is 12.0. The van der Waals surface area contributed by atoms with E-state index in [0.29, 0.717) is 13.0 Å². The fourth-order valence-corrected chi connectivity index (χ4v) is 2.34. The lowest BCUT2D eigenvalue weighted by Crippen LogP contribution is -2.35. The van der Waals surface area contributed by atoms with Crippen molar-refractivity contribution in [1.29, 1.82) is 0 Å². The van der Waals surface area contributed by atoms with E-state index < -0.39 is 0 Å². The molecule has 2 atom stereocenters. The average molecular weight is 279 g/mol. The van der Waals surface area contributed by atoms with Crippen LogP contribution in [0.15, 0.2) is 18.2 Å². The molecule has 5 nitrogen and oxygen atoms in total. The highest BCUT2D eigenvalue weighted by molar-refractivity contribution is 5.78. The van der Waals surface area contributed by atoms with Gasteiger partial charge in [0.25, 0.3) is 0 Å². The Balaban J connectivity index is 1.81. The van der Waals surface area contributed by atoms with Crippen molar-refractivity contribution in [2.24, 2.45) is 5.92 Å². The molecular formula is C15H21NO4. The number of amides is 1. The molecule has 0 bridgehead atoms. The van der Waals surface area contributed by atoms with Gasteiger partial charge in [-0.05, 0) is 37.0 Å². The summed E-state index contributed by atoms with van der Waals surface area (Å²) in [6.45, 7) is 3.18. The molecule has 1 aliphatic rings. The second-order valence-corrected chi connectivity index (χ2v) is 5.31. The lowest BCUT2D eigenvalue weighted by Gasteiger charge is -2.15. The third kappa shape index (κ3) is 3.87. The van der Waals surface area contributed by atoms with Crippen LogP contribution < -0.4 is 5.32 Å². The minimum absolute atomic E-state index is 0.0203. The molecule has 1 aromatic rings. The van der Waals surface area contributed by atoms with Crippen molar-refractivity contribution < 1.29 is 19.7 Å². The number of phenolic OH excluding ortho intramolecular Hbond substituents is 2. The molecule has 0 saturated carbocycles. The van der Waals surface area contributed by atoms with Crippen molar-refractivity contribution in [2.45, 2.75) is 32.3 Å². The number of phenols is 2. The summed E-state index contributed by atoms with van der Waals surface area (Å²) in [5, 5.41) is 21.6. The highest BCUT2D eigenvalue weighted by atomic mass is 16.5. The van der Waals surface area contributed by atoms with Gasteiger partial charge in [0.05, 0.1) is 6.10 Å². The van der Waals surface area contributed by atoms with Crippen molar-refractivity contribution in [3.8, 4) is 11.5 Å². The Bertz CT molecular complexity index is 469. The molecule has 1 heterocycles. The largest absolute Gasteiger partial charge is 0.504 e. The smallest absolute Gasteiger partial charge is 0.223 e. The van der Waals surface area contributed by atoms with Crippen LogP contribution in [0.2, 0.25) is 0 Å². The molecule has 5 heteroatoms. The Morgan fingerprint density at radius 3 is 2.90 bits per heavy atom. The molecule has 3 N–H and O–H groups in total. The molecule has 2 rings (SSSR count). The second-order valence-electron chi connectivity index (χ2n) is 5.31. The molecule has 1 amide bonds. The van der Waals surface area contributed by atoms with Gasteiger partial charge in [-0.3, -0.25) is 4.79 Å². The van der Waals surface area contributed by atoms with Crippen LogP contribution in [0.5, 0.6) is 11.5 Å². The number of rotatable bonds is 5. The topological polar surface area (TPSA) is 78.8 Å². The van der Waals surface area contributed by atoms with E-state index in [9.17, 15) is 15.0 Å². The van der Waals surface area contributed by atoms with E-state index in [0.717, 1.165) is 25.0 Å². The van der Waals surface area contributed by atoms with E-state index in [-0.39, 0.29) is 29.4 Å². The van der Waals surface area contributed by atoms with Gasteiger partial charge < -0.3 is 20.3 Å². The number of benzene rings is 1. The summed E-state index contributed by atoms with van der Waals surface area (Å²) in [5.74, 6) is -0.521. The van der Waals surface area contributed by atoms with Gasteiger partial charge in [0, 0.05) is 19.1 Å². The first-order chi connectivity index (χ1) is 9.56. The Labute approximate surface area is 118 Å². The standard InChI is InChI=1S/C15H21NO4/c1-10(7-11-4-5-13(17)14(18)8-11)15(19)16-9-12-3-2-6-20-12/h4-5,8,10,12,17-18H,2-3,6-7,9H2,1H3,(H,16,19). The summed E-state index contributed by atoms with van der Waals surface area (Å²) in [4.78, 5) is 12.0. The second kappa shape index (κ2) is 6.61. The Morgan fingerprint density at radius 2 is 2.25 bits per heavy atom.